The van der Waals surface area contributed by atoms with E-state index in [1.54, 1.807) is 30.3 Å². The zero-order valence-corrected chi connectivity index (χ0v) is 31.1. The molecule has 0 spiro atoms. The molecule has 1 amide bonds. The first-order chi connectivity index (χ1) is 25.5. The Balaban J connectivity index is 1.11. The second-order valence-corrected chi connectivity index (χ2v) is 18.4. The fourth-order valence-electron chi connectivity index (χ4n) is 9.36. The topological polar surface area (TPSA) is 153 Å². The number of hydrogen-bond acceptors (Lipinski definition) is 9. The van der Waals surface area contributed by atoms with E-state index in [-0.39, 0.29) is 45.0 Å². The van der Waals surface area contributed by atoms with Crippen LogP contribution in [0.15, 0.2) is 77.7 Å². The molecule has 2 atom stereocenters. The Bertz CT molecular complexity index is 2400. The predicted molar refractivity (Wildman–Crippen MR) is 205 cm³/mol. The number of nitriles is 1. The highest BCUT2D eigenvalue weighted by Crippen LogP contribution is 2.53. The van der Waals surface area contributed by atoms with Crippen molar-refractivity contribution in [2.24, 2.45) is 17.8 Å². The number of sulfone groups is 1. The number of carboxylic acids is 1. The molecule has 2 aliphatic carbocycles. The molecule has 0 saturated heterocycles. The summed E-state index contributed by atoms with van der Waals surface area (Å²) in [4.78, 5) is 37.4. The van der Waals surface area contributed by atoms with Crippen LogP contribution in [-0.2, 0) is 22.8 Å². The first kappa shape index (κ1) is 34.9. The van der Waals surface area contributed by atoms with Crippen molar-refractivity contribution < 1.29 is 23.1 Å². The Morgan fingerprint density at radius 1 is 0.943 bits per heavy atom. The number of pyridine rings is 1. The minimum Gasteiger partial charge on any atom is -0.476 e. The number of carboxylic acid groups (broad SMARTS) is 1. The number of para-hydroxylation sites is 1. The van der Waals surface area contributed by atoms with Gasteiger partial charge in [-0.3, -0.25) is 10.1 Å². The zero-order chi connectivity index (χ0) is 37.1. The zero-order valence-electron chi connectivity index (χ0n) is 29.5. The molecular weight excluding hydrogens is 707 g/mol. The van der Waals surface area contributed by atoms with Crippen LogP contribution in [0.5, 0.6) is 0 Å². The van der Waals surface area contributed by atoms with Crippen LogP contribution in [-0.4, -0.2) is 46.7 Å². The lowest BCUT2D eigenvalue weighted by Gasteiger charge is -2.49. The fourth-order valence-corrected chi connectivity index (χ4v) is 12.8. The summed E-state index contributed by atoms with van der Waals surface area (Å²) < 4.78 is 29.3. The van der Waals surface area contributed by atoms with Gasteiger partial charge in [0.2, 0.25) is 0 Å². The van der Waals surface area contributed by atoms with Crippen LogP contribution in [0, 0.1) is 29.1 Å². The Morgan fingerprint density at radius 2 is 1.70 bits per heavy atom. The number of aromatic nitrogens is 2. The van der Waals surface area contributed by atoms with Crippen LogP contribution >= 0.6 is 11.3 Å². The lowest BCUT2D eigenvalue weighted by Crippen LogP contribution is -2.50. The third-order valence-electron chi connectivity index (χ3n) is 11.3. The first-order valence-corrected chi connectivity index (χ1v) is 20.3. The van der Waals surface area contributed by atoms with Crippen LogP contribution in [0.2, 0.25) is 0 Å². The summed E-state index contributed by atoms with van der Waals surface area (Å²) in [5, 5.41) is 24.4. The van der Waals surface area contributed by atoms with Crippen molar-refractivity contribution in [3.8, 4) is 17.2 Å². The van der Waals surface area contributed by atoms with Crippen LogP contribution in [0.3, 0.4) is 0 Å². The van der Waals surface area contributed by atoms with Gasteiger partial charge in [0, 0.05) is 29.8 Å². The summed E-state index contributed by atoms with van der Waals surface area (Å²) >= 11 is 1.40. The summed E-state index contributed by atoms with van der Waals surface area (Å²) in [7, 11) is -3.95. The SMILES string of the molecule is CC1CC2CC(C)CC(S(=O)(=O)c3cccc(-c4ccc(N5CCc6cccc(C(=O)Nc7nc8ccccc8s7)c6C5)nc4C(=O)O)c3C#N)(C1)C2. The Hall–Kier alpha value is -5.12. The monoisotopic (exact) mass is 745 g/mol. The number of nitrogens with one attached hydrogen (secondary N) is 1. The molecule has 1 aliphatic heterocycles. The van der Waals surface area contributed by atoms with Crippen molar-refractivity contribution in [1.82, 2.24) is 9.97 Å². The van der Waals surface area contributed by atoms with Crippen molar-refractivity contribution in [3.05, 3.63) is 101 Å². The summed E-state index contributed by atoms with van der Waals surface area (Å²) in [6, 6.07) is 23.5. The number of amides is 1. The van der Waals surface area contributed by atoms with Crippen LogP contribution in [0.4, 0.5) is 10.9 Å². The summed E-state index contributed by atoms with van der Waals surface area (Å²) in [6.07, 6.45) is 4.31. The summed E-state index contributed by atoms with van der Waals surface area (Å²) in [6.45, 7) is 5.09. The van der Waals surface area contributed by atoms with Gasteiger partial charge in [0.05, 0.1) is 25.4 Å². The lowest BCUT2D eigenvalue weighted by atomic mass is 9.65. The lowest BCUT2D eigenvalue weighted by molar-refractivity contribution is 0.0691. The Kier molecular flexibility index (Phi) is 8.82. The van der Waals surface area contributed by atoms with Gasteiger partial charge in [0.15, 0.2) is 20.7 Å². The molecule has 10 nitrogen and oxygen atoms in total. The summed E-state index contributed by atoms with van der Waals surface area (Å²) in [5.74, 6) is -0.339. The van der Waals surface area contributed by atoms with Crippen molar-refractivity contribution in [1.29, 1.82) is 5.26 Å². The van der Waals surface area contributed by atoms with E-state index < -0.39 is 20.6 Å². The molecule has 3 aromatic carbocycles. The maximum absolute atomic E-state index is 14.7. The standard InChI is InChI=1S/C41H39N5O5S2/c1-24-17-26-18-25(2)20-41(19-24,21-26)53(50,51)35-12-6-8-28(31(35)22-42)29-13-14-36(44-37(29)39(48)49)46-16-15-27-7-5-9-30(32(27)23-46)38(47)45-40-43-33-10-3-4-11-34(33)52-40/h3-14,24-26H,15-21,23H2,1-2H3,(H,48,49)(H,43,45,47). The minimum atomic E-state index is -3.95. The fraction of sp³-hybridized carbons (Fsp3) is 0.341. The quantitative estimate of drug-likeness (QED) is 0.168. The van der Waals surface area contributed by atoms with E-state index in [0.29, 0.717) is 61.2 Å². The van der Waals surface area contributed by atoms with Crippen molar-refractivity contribution in [3.63, 3.8) is 0 Å². The van der Waals surface area contributed by atoms with Gasteiger partial charge in [-0.25, -0.2) is 23.2 Å². The second-order valence-electron chi connectivity index (χ2n) is 15.1. The molecule has 8 rings (SSSR count). The van der Waals surface area contributed by atoms with Gasteiger partial charge in [-0.2, -0.15) is 5.26 Å². The first-order valence-electron chi connectivity index (χ1n) is 18.0. The third kappa shape index (κ3) is 6.15. The van der Waals surface area contributed by atoms with E-state index in [2.05, 4.69) is 35.2 Å². The molecule has 2 unspecified atom stereocenters. The van der Waals surface area contributed by atoms with E-state index >= 15 is 0 Å². The van der Waals surface area contributed by atoms with Gasteiger partial charge >= 0.3 is 5.97 Å². The number of thiazole rings is 1. The van der Waals surface area contributed by atoms with E-state index in [0.717, 1.165) is 34.2 Å². The Morgan fingerprint density at radius 3 is 2.43 bits per heavy atom. The molecule has 270 valence electrons. The van der Waals surface area contributed by atoms with E-state index in [9.17, 15) is 28.4 Å². The normalized spacial score (nSPS) is 22.5. The van der Waals surface area contributed by atoms with E-state index in [1.807, 2.05) is 41.3 Å². The molecule has 0 radical (unpaired) electrons. The van der Waals surface area contributed by atoms with Crippen molar-refractivity contribution in [2.75, 3.05) is 16.8 Å². The predicted octanol–water partition coefficient (Wildman–Crippen LogP) is 8.12. The highest BCUT2D eigenvalue weighted by atomic mass is 32.2. The average Bonchev–Trinajstić information content (AvgIpc) is 3.55. The molecule has 3 heterocycles. The van der Waals surface area contributed by atoms with Gasteiger partial charge in [-0.1, -0.05) is 61.6 Å². The molecule has 2 N–H and O–H groups in total. The molecule has 3 aliphatic rings. The van der Waals surface area contributed by atoms with Gasteiger partial charge in [-0.05, 0) is 104 Å². The number of carbonyl (C=O) groups excluding carboxylic acids is 1. The largest absolute Gasteiger partial charge is 0.476 e. The van der Waals surface area contributed by atoms with Crippen LogP contribution < -0.4 is 10.2 Å². The minimum absolute atomic E-state index is 0.0378. The molecule has 5 aromatic rings. The van der Waals surface area contributed by atoms with E-state index in [1.165, 1.54) is 17.4 Å². The number of aromatic carboxylic acids is 1. The molecule has 12 heteroatoms. The molecule has 2 aromatic heterocycles. The highest BCUT2D eigenvalue weighted by Gasteiger charge is 2.53. The molecule has 2 saturated carbocycles. The second kappa shape index (κ2) is 13.4. The maximum atomic E-state index is 14.7. The third-order valence-corrected chi connectivity index (χ3v) is 14.8. The van der Waals surface area contributed by atoms with Gasteiger partial charge in [0.25, 0.3) is 5.91 Å². The molecular formula is C41H39N5O5S2. The van der Waals surface area contributed by atoms with Gasteiger partial charge in [0.1, 0.15) is 11.9 Å². The smallest absolute Gasteiger partial charge is 0.355 e. The van der Waals surface area contributed by atoms with E-state index in [4.69, 9.17) is 0 Å². The number of hydrogen-bond donors (Lipinski definition) is 2. The van der Waals surface area contributed by atoms with Crippen LogP contribution in [0.25, 0.3) is 21.3 Å². The summed E-state index contributed by atoms with van der Waals surface area (Å²) in [5.41, 5.74) is 3.22. The number of fused-ring (bicyclic) bond motifs is 4. The van der Waals surface area contributed by atoms with Gasteiger partial charge in [-0.15, -0.1) is 0 Å². The number of benzene rings is 3. The van der Waals surface area contributed by atoms with Crippen molar-refractivity contribution in [2.45, 2.75) is 68.6 Å². The number of carbonyl (C=O) groups is 2. The highest BCUT2D eigenvalue weighted by molar-refractivity contribution is 7.93. The molecule has 2 bridgehead atoms. The average molecular weight is 746 g/mol. The van der Waals surface area contributed by atoms with Gasteiger partial charge < -0.3 is 10.0 Å². The molecule has 2 fully saturated rings. The molecule has 53 heavy (non-hydrogen) atoms. The Labute approximate surface area is 312 Å². The number of nitrogens with zero attached hydrogens (tertiary/aromatic N) is 4. The number of anilines is 2. The maximum Gasteiger partial charge on any atom is 0.355 e. The number of rotatable bonds is 7. The van der Waals surface area contributed by atoms with Crippen LogP contribution in [0.1, 0.15) is 83.5 Å². The van der Waals surface area contributed by atoms with Crippen molar-refractivity contribution >= 4 is 54.2 Å².